The highest BCUT2D eigenvalue weighted by atomic mass is 79.9. The fraction of sp³-hybridized carbons (Fsp3) is 0.571. The Morgan fingerprint density at radius 3 is 2.69 bits per heavy atom. The summed E-state index contributed by atoms with van der Waals surface area (Å²) in [5.74, 6) is 2.08. The highest BCUT2D eigenvalue weighted by Gasteiger charge is 2.52. The van der Waals surface area contributed by atoms with Crippen LogP contribution < -0.4 is 0 Å². The molecule has 0 nitrogen and oxygen atoms in total. The van der Waals surface area contributed by atoms with E-state index in [1.807, 2.05) is 6.07 Å². The third kappa shape index (κ3) is 2.04. The van der Waals surface area contributed by atoms with Gasteiger partial charge in [-0.2, -0.15) is 0 Å². The van der Waals surface area contributed by atoms with Crippen LogP contribution >= 0.6 is 27.5 Å². The molecule has 0 heterocycles. The number of hydrogen-bond donors (Lipinski definition) is 0. The van der Waals surface area contributed by atoms with Gasteiger partial charge in [-0.3, -0.25) is 0 Å². The Balaban J connectivity index is 1.77. The Bertz CT molecular complexity index is 391. The maximum Gasteiger partial charge on any atom is 0.0408 e. The molecule has 0 saturated heterocycles. The minimum Gasteiger partial charge on any atom is -0.0922 e. The molecule has 0 spiro atoms. The van der Waals surface area contributed by atoms with Gasteiger partial charge in [0.25, 0.3) is 0 Å². The lowest BCUT2D eigenvalue weighted by atomic mass is 9.79. The SMILES string of the molecule is Clc1cccc(CC2(CBr)CC3CC3C2)c1. The topological polar surface area (TPSA) is 0 Å². The fourth-order valence-electron chi connectivity index (χ4n) is 3.39. The molecule has 2 unspecified atom stereocenters. The Hall–Kier alpha value is -0.0100. The van der Waals surface area contributed by atoms with E-state index in [9.17, 15) is 0 Å². The summed E-state index contributed by atoms with van der Waals surface area (Å²) in [6.45, 7) is 0. The summed E-state index contributed by atoms with van der Waals surface area (Å²) < 4.78 is 0. The molecule has 0 amide bonds. The summed E-state index contributed by atoms with van der Waals surface area (Å²) in [6.07, 6.45) is 5.50. The first kappa shape index (κ1) is 11.1. The minimum atomic E-state index is 0.512. The van der Waals surface area contributed by atoms with Crippen molar-refractivity contribution in [2.45, 2.75) is 25.7 Å². The van der Waals surface area contributed by atoms with E-state index in [0.717, 1.165) is 22.2 Å². The van der Waals surface area contributed by atoms with E-state index in [1.165, 1.54) is 31.2 Å². The van der Waals surface area contributed by atoms with Crippen molar-refractivity contribution in [3.8, 4) is 0 Å². The van der Waals surface area contributed by atoms with Crippen LogP contribution in [0.4, 0.5) is 0 Å². The van der Waals surface area contributed by atoms with Crippen LogP contribution in [0.3, 0.4) is 0 Å². The first-order valence-corrected chi connectivity index (χ1v) is 7.51. The molecule has 0 aliphatic heterocycles. The zero-order chi connectivity index (χ0) is 11.2. The van der Waals surface area contributed by atoms with Gasteiger partial charge in [-0.15, -0.1) is 0 Å². The van der Waals surface area contributed by atoms with Gasteiger partial charge in [-0.1, -0.05) is 39.7 Å². The third-order valence-electron chi connectivity index (χ3n) is 4.21. The molecule has 0 radical (unpaired) electrons. The lowest BCUT2D eigenvalue weighted by Crippen LogP contribution is -2.23. The first-order chi connectivity index (χ1) is 7.71. The molecule has 1 aromatic carbocycles. The van der Waals surface area contributed by atoms with Crippen molar-refractivity contribution >= 4 is 27.5 Å². The number of halogens is 2. The minimum absolute atomic E-state index is 0.512. The molecule has 2 fully saturated rings. The van der Waals surface area contributed by atoms with E-state index < -0.39 is 0 Å². The molecule has 2 aliphatic carbocycles. The van der Waals surface area contributed by atoms with Crippen LogP contribution in [-0.4, -0.2) is 5.33 Å². The molecule has 16 heavy (non-hydrogen) atoms. The van der Waals surface area contributed by atoms with E-state index in [0.29, 0.717) is 5.41 Å². The largest absolute Gasteiger partial charge is 0.0922 e. The molecule has 0 N–H and O–H groups in total. The molecule has 1 aromatic rings. The lowest BCUT2D eigenvalue weighted by Gasteiger charge is -2.28. The smallest absolute Gasteiger partial charge is 0.0408 e. The molecule has 3 rings (SSSR count). The van der Waals surface area contributed by atoms with Gasteiger partial charge in [0.1, 0.15) is 0 Å². The molecule has 2 aliphatic rings. The second kappa shape index (κ2) is 4.03. The highest BCUT2D eigenvalue weighted by molar-refractivity contribution is 9.09. The molecular formula is C14H16BrCl. The molecular weight excluding hydrogens is 284 g/mol. The Kier molecular flexibility index (Phi) is 2.79. The standard InChI is InChI=1S/C14H16BrCl/c15-9-14(7-11-5-12(11)8-14)6-10-2-1-3-13(16)4-10/h1-4,11-12H,5-9H2. The van der Waals surface area contributed by atoms with E-state index in [2.05, 4.69) is 34.1 Å². The van der Waals surface area contributed by atoms with Crippen molar-refractivity contribution in [1.82, 2.24) is 0 Å². The van der Waals surface area contributed by atoms with E-state index in [4.69, 9.17) is 11.6 Å². The zero-order valence-corrected chi connectivity index (χ0v) is 11.6. The van der Waals surface area contributed by atoms with Crippen molar-refractivity contribution in [2.75, 3.05) is 5.33 Å². The average Bonchev–Trinajstić information content (AvgIpc) is 2.87. The summed E-state index contributed by atoms with van der Waals surface area (Å²) in [7, 11) is 0. The van der Waals surface area contributed by atoms with Gasteiger partial charge < -0.3 is 0 Å². The summed E-state index contributed by atoms with van der Waals surface area (Å²) in [4.78, 5) is 0. The quantitative estimate of drug-likeness (QED) is 0.710. The van der Waals surface area contributed by atoms with Gasteiger partial charge in [0, 0.05) is 10.4 Å². The molecule has 0 bridgehead atoms. The summed E-state index contributed by atoms with van der Waals surface area (Å²) in [5.41, 5.74) is 1.91. The van der Waals surface area contributed by atoms with E-state index in [1.54, 1.807) is 0 Å². The van der Waals surface area contributed by atoms with Crippen LogP contribution in [0.2, 0.25) is 5.02 Å². The van der Waals surface area contributed by atoms with Crippen molar-refractivity contribution in [1.29, 1.82) is 0 Å². The van der Waals surface area contributed by atoms with Gasteiger partial charge in [0.05, 0.1) is 0 Å². The fourth-order valence-corrected chi connectivity index (χ4v) is 4.26. The van der Waals surface area contributed by atoms with Crippen LogP contribution in [0.25, 0.3) is 0 Å². The van der Waals surface area contributed by atoms with Crippen LogP contribution in [0.15, 0.2) is 24.3 Å². The normalized spacial score (nSPS) is 36.1. The van der Waals surface area contributed by atoms with Crippen LogP contribution in [0, 0.1) is 17.3 Å². The Morgan fingerprint density at radius 1 is 1.31 bits per heavy atom. The second-order valence-corrected chi connectivity index (χ2v) is 6.60. The van der Waals surface area contributed by atoms with Gasteiger partial charge in [-0.25, -0.2) is 0 Å². The maximum absolute atomic E-state index is 6.04. The van der Waals surface area contributed by atoms with Crippen LogP contribution in [0.5, 0.6) is 0 Å². The highest BCUT2D eigenvalue weighted by Crippen LogP contribution is 2.61. The molecule has 2 heteroatoms. The van der Waals surface area contributed by atoms with Gasteiger partial charge in [-0.05, 0) is 60.6 Å². The van der Waals surface area contributed by atoms with Gasteiger partial charge in [0.15, 0.2) is 0 Å². The van der Waals surface area contributed by atoms with E-state index in [-0.39, 0.29) is 0 Å². The maximum atomic E-state index is 6.04. The van der Waals surface area contributed by atoms with Gasteiger partial charge >= 0.3 is 0 Å². The lowest BCUT2D eigenvalue weighted by molar-refractivity contribution is 0.308. The molecule has 2 atom stereocenters. The first-order valence-electron chi connectivity index (χ1n) is 6.01. The Labute approximate surface area is 111 Å². The summed E-state index contributed by atoms with van der Waals surface area (Å²) >= 11 is 9.77. The van der Waals surface area contributed by atoms with Gasteiger partial charge in [0.2, 0.25) is 0 Å². The van der Waals surface area contributed by atoms with E-state index >= 15 is 0 Å². The predicted octanol–water partition coefficient (Wildman–Crippen LogP) is 4.69. The Morgan fingerprint density at radius 2 is 2.06 bits per heavy atom. The number of benzene rings is 1. The monoisotopic (exact) mass is 298 g/mol. The molecule has 2 saturated carbocycles. The molecule has 0 aromatic heterocycles. The van der Waals surface area contributed by atoms with Crippen molar-refractivity contribution in [3.05, 3.63) is 34.9 Å². The summed E-state index contributed by atoms with van der Waals surface area (Å²) in [6, 6.07) is 8.35. The number of rotatable bonds is 3. The predicted molar refractivity (Wildman–Crippen MR) is 72.2 cm³/mol. The zero-order valence-electron chi connectivity index (χ0n) is 9.26. The van der Waals surface area contributed by atoms with Crippen LogP contribution in [0.1, 0.15) is 24.8 Å². The number of fused-ring (bicyclic) bond motifs is 1. The van der Waals surface area contributed by atoms with Crippen molar-refractivity contribution in [2.24, 2.45) is 17.3 Å². The van der Waals surface area contributed by atoms with Crippen molar-refractivity contribution in [3.63, 3.8) is 0 Å². The molecule has 86 valence electrons. The number of alkyl halides is 1. The van der Waals surface area contributed by atoms with Crippen LogP contribution in [-0.2, 0) is 6.42 Å². The average molecular weight is 300 g/mol. The number of hydrogen-bond acceptors (Lipinski definition) is 0. The summed E-state index contributed by atoms with van der Waals surface area (Å²) in [5, 5.41) is 2.00. The second-order valence-electron chi connectivity index (χ2n) is 5.60. The van der Waals surface area contributed by atoms with Crippen molar-refractivity contribution < 1.29 is 0 Å². The third-order valence-corrected chi connectivity index (χ3v) is 5.64.